The molecule has 0 aromatic rings. The fourth-order valence-corrected chi connectivity index (χ4v) is 1.11. The minimum atomic E-state index is 0.587. The maximum Gasteiger partial charge on any atom is 0.0137 e. The van der Waals surface area contributed by atoms with Crippen molar-refractivity contribution in [1.29, 1.82) is 0 Å². The molecule has 0 saturated carbocycles. The molecule has 0 saturated heterocycles. The summed E-state index contributed by atoms with van der Waals surface area (Å²) in [5.74, 6) is 0. The van der Waals surface area contributed by atoms with Crippen LogP contribution in [0, 0.1) is 0 Å². The molecule has 14 heavy (non-hydrogen) atoms. The Balaban J connectivity index is 3.21. The number of allylic oxidation sites excluding steroid dienone is 2. The fourth-order valence-electron chi connectivity index (χ4n) is 1.11. The molecule has 0 fully saturated rings. The molecular formula is C12H24N2. The molecule has 0 amide bonds. The van der Waals surface area contributed by atoms with Crippen molar-refractivity contribution in [3.63, 3.8) is 0 Å². The molecule has 0 heterocycles. The van der Waals surface area contributed by atoms with Crippen molar-refractivity contribution in [2.24, 2.45) is 0 Å². The van der Waals surface area contributed by atoms with E-state index in [-0.39, 0.29) is 0 Å². The third-order valence-electron chi connectivity index (χ3n) is 2.07. The van der Waals surface area contributed by atoms with Crippen LogP contribution < -0.4 is 10.6 Å². The summed E-state index contributed by atoms with van der Waals surface area (Å²) in [5.41, 5.74) is 0. The molecule has 82 valence electrons. The van der Waals surface area contributed by atoms with Crippen molar-refractivity contribution < 1.29 is 0 Å². The van der Waals surface area contributed by atoms with Gasteiger partial charge in [-0.1, -0.05) is 24.3 Å². The van der Waals surface area contributed by atoms with Gasteiger partial charge in [-0.05, 0) is 33.7 Å². The van der Waals surface area contributed by atoms with Crippen LogP contribution in [0.3, 0.4) is 0 Å². The number of rotatable bonds is 8. The van der Waals surface area contributed by atoms with Crippen LogP contribution in [0.4, 0.5) is 0 Å². The van der Waals surface area contributed by atoms with E-state index < -0.39 is 0 Å². The highest BCUT2D eigenvalue weighted by atomic mass is 14.9. The van der Waals surface area contributed by atoms with Gasteiger partial charge in [-0.2, -0.15) is 0 Å². The van der Waals surface area contributed by atoms with Crippen LogP contribution in [0.25, 0.3) is 0 Å². The molecular weight excluding hydrogens is 172 g/mol. The molecule has 0 aliphatic rings. The Morgan fingerprint density at radius 3 is 2.36 bits per heavy atom. The zero-order valence-electron chi connectivity index (χ0n) is 9.72. The van der Waals surface area contributed by atoms with Gasteiger partial charge < -0.3 is 10.6 Å². The third kappa shape index (κ3) is 9.49. The molecule has 0 radical (unpaired) electrons. The predicted octanol–water partition coefficient (Wildman–Crippen LogP) is 2.10. The van der Waals surface area contributed by atoms with Gasteiger partial charge in [0.2, 0.25) is 0 Å². The van der Waals surface area contributed by atoms with Crippen LogP contribution in [-0.2, 0) is 0 Å². The third-order valence-corrected chi connectivity index (χ3v) is 2.07. The number of hydrogen-bond donors (Lipinski definition) is 2. The van der Waals surface area contributed by atoms with E-state index in [0.717, 1.165) is 19.6 Å². The van der Waals surface area contributed by atoms with Crippen molar-refractivity contribution in [2.75, 3.05) is 19.6 Å². The van der Waals surface area contributed by atoms with E-state index in [4.69, 9.17) is 0 Å². The van der Waals surface area contributed by atoms with E-state index in [9.17, 15) is 0 Å². The lowest BCUT2D eigenvalue weighted by Crippen LogP contribution is -2.30. The average Bonchev–Trinajstić information content (AvgIpc) is 2.18. The largest absolute Gasteiger partial charge is 0.313 e. The Bertz CT molecular complexity index is 162. The fraction of sp³-hybridized carbons (Fsp3) is 0.667. The molecule has 2 heteroatoms. The molecule has 0 bridgehead atoms. The second kappa shape index (κ2) is 10.5. The quantitative estimate of drug-likeness (QED) is 0.459. The molecule has 0 aliphatic heterocycles. The highest BCUT2D eigenvalue weighted by molar-refractivity contribution is 4.81. The Kier molecular flexibility index (Phi) is 10.0. The summed E-state index contributed by atoms with van der Waals surface area (Å²) in [6.07, 6.45) is 9.60. The first-order valence-electron chi connectivity index (χ1n) is 5.47. The molecule has 0 rings (SSSR count). The minimum absolute atomic E-state index is 0.587. The lowest BCUT2D eigenvalue weighted by atomic mass is 10.2. The van der Waals surface area contributed by atoms with Gasteiger partial charge in [0.05, 0.1) is 0 Å². The van der Waals surface area contributed by atoms with Gasteiger partial charge >= 0.3 is 0 Å². The summed E-state index contributed by atoms with van der Waals surface area (Å²) in [5, 5.41) is 6.79. The van der Waals surface area contributed by atoms with E-state index in [2.05, 4.69) is 41.9 Å². The van der Waals surface area contributed by atoms with Crippen molar-refractivity contribution in [1.82, 2.24) is 10.6 Å². The lowest BCUT2D eigenvalue weighted by Gasteiger charge is -2.12. The van der Waals surface area contributed by atoms with Crippen LogP contribution in [0.2, 0.25) is 0 Å². The summed E-state index contributed by atoms with van der Waals surface area (Å²) >= 11 is 0. The van der Waals surface area contributed by atoms with E-state index in [1.54, 1.807) is 0 Å². The Morgan fingerprint density at radius 1 is 1.07 bits per heavy atom. The Hall–Kier alpha value is -0.600. The normalized spacial score (nSPS) is 14.2. The molecule has 2 N–H and O–H groups in total. The van der Waals surface area contributed by atoms with E-state index in [0.29, 0.717) is 6.04 Å². The van der Waals surface area contributed by atoms with E-state index >= 15 is 0 Å². The number of nitrogens with one attached hydrogen (secondary N) is 2. The predicted molar refractivity (Wildman–Crippen MR) is 64.6 cm³/mol. The maximum absolute atomic E-state index is 3.43. The van der Waals surface area contributed by atoms with E-state index in [1.807, 2.05) is 13.8 Å². The Morgan fingerprint density at radius 2 is 1.71 bits per heavy atom. The van der Waals surface area contributed by atoms with Crippen LogP contribution in [0.1, 0.15) is 27.2 Å². The standard InChI is InChI=1S/C12H24N2/c1-4-6-9-13-11-8-12(3)14-10-7-5-2/h4-7,12-14H,8-11H2,1-3H3. The summed E-state index contributed by atoms with van der Waals surface area (Å²) < 4.78 is 0. The van der Waals surface area contributed by atoms with Gasteiger partial charge in [0.1, 0.15) is 0 Å². The molecule has 0 aliphatic carbocycles. The van der Waals surface area contributed by atoms with Gasteiger partial charge in [0.25, 0.3) is 0 Å². The van der Waals surface area contributed by atoms with Gasteiger partial charge in [-0.3, -0.25) is 0 Å². The zero-order chi connectivity index (χ0) is 10.6. The van der Waals surface area contributed by atoms with Crippen molar-refractivity contribution in [3.8, 4) is 0 Å². The summed E-state index contributed by atoms with van der Waals surface area (Å²) in [6.45, 7) is 9.35. The van der Waals surface area contributed by atoms with Crippen molar-refractivity contribution >= 4 is 0 Å². The van der Waals surface area contributed by atoms with Crippen molar-refractivity contribution in [2.45, 2.75) is 33.2 Å². The van der Waals surface area contributed by atoms with Gasteiger partial charge in [0, 0.05) is 19.1 Å². The maximum atomic E-state index is 3.43. The van der Waals surface area contributed by atoms with Crippen LogP contribution in [-0.4, -0.2) is 25.7 Å². The first kappa shape index (κ1) is 13.4. The van der Waals surface area contributed by atoms with Crippen LogP contribution in [0.5, 0.6) is 0 Å². The molecule has 1 unspecified atom stereocenters. The second-order valence-corrected chi connectivity index (χ2v) is 3.44. The molecule has 1 atom stereocenters. The second-order valence-electron chi connectivity index (χ2n) is 3.44. The molecule has 0 spiro atoms. The smallest absolute Gasteiger partial charge is 0.0137 e. The first-order valence-corrected chi connectivity index (χ1v) is 5.47. The monoisotopic (exact) mass is 196 g/mol. The lowest BCUT2D eigenvalue weighted by molar-refractivity contribution is 0.522. The molecule has 2 nitrogen and oxygen atoms in total. The number of hydrogen-bond acceptors (Lipinski definition) is 2. The summed E-state index contributed by atoms with van der Waals surface area (Å²) in [6, 6.07) is 0.587. The van der Waals surface area contributed by atoms with Gasteiger partial charge in [0.15, 0.2) is 0 Å². The van der Waals surface area contributed by atoms with E-state index in [1.165, 1.54) is 6.42 Å². The summed E-state index contributed by atoms with van der Waals surface area (Å²) in [4.78, 5) is 0. The SMILES string of the molecule is CC=CCNCCC(C)NCC=CC. The molecule has 0 aromatic heterocycles. The minimum Gasteiger partial charge on any atom is -0.313 e. The summed E-state index contributed by atoms with van der Waals surface area (Å²) in [7, 11) is 0. The van der Waals surface area contributed by atoms with Crippen LogP contribution in [0.15, 0.2) is 24.3 Å². The van der Waals surface area contributed by atoms with Gasteiger partial charge in [-0.15, -0.1) is 0 Å². The molecule has 0 aromatic carbocycles. The van der Waals surface area contributed by atoms with Gasteiger partial charge in [-0.25, -0.2) is 0 Å². The first-order chi connectivity index (χ1) is 6.81. The van der Waals surface area contributed by atoms with Crippen LogP contribution >= 0.6 is 0 Å². The van der Waals surface area contributed by atoms with Crippen molar-refractivity contribution in [3.05, 3.63) is 24.3 Å². The highest BCUT2D eigenvalue weighted by Crippen LogP contribution is 1.88. The topological polar surface area (TPSA) is 24.1 Å². The highest BCUT2D eigenvalue weighted by Gasteiger charge is 1.97. The Labute approximate surface area is 88.5 Å². The zero-order valence-corrected chi connectivity index (χ0v) is 9.72. The average molecular weight is 196 g/mol.